The first-order chi connectivity index (χ1) is 29.8. The number of aliphatic hydroxyl groups excluding tert-OH is 10. The summed E-state index contributed by atoms with van der Waals surface area (Å²) >= 11 is 0. The summed E-state index contributed by atoms with van der Waals surface area (Å²) in [7, 11) is 0. The van der Waals surface area contributed by atoms with E-state index in [-0.39, 0.29) is 47.4 Å². The van der Waals surface area contributed by atoms with Crippen LogP contribution in [0.4, 0.5) is 0 Å². The molecule has 0 spiro atoms. The monoisotopic (exact) mass is 902 g/mol. The zero-order valence-electron chi connectivity index (χ0n) is 37.1. The highest BCUT2D eigenvalue weighted by molar-refractivity contribution is 5.26. The highest BCUT2D eigenvalue weighted by atomic mass is 16.8. The Balaban J connectivity index is 0.885. The normalized spacial score (nSPS) is 55.0. The molecule has 0 aromatic carbocycles. The molecule has 0 aromatic rings. The Bertz CT molecular complexity index is 1600. The van der Waals surface area contributed by atoms with Gasteiger partial charge in [0.25, 0.3) is 0 Å². The summed E-state index contributed by atoms with van der Waals surface area (Å²) in [6.07, 6.45) is -11.5. The Hall–Kier alpha value is -0.980. The lowest BCUT2D eigenvalue weighted by atomic mass is 9.47. The van der Waals surface area contributed by atoms with Gasteiger partial charge in [-0.15, -0.1) is 0 Å². The Kier molecular flexibility index (Phi) is 14.2. The minimum atomic E-state index is -1.65. The van der Waals surface area contributed by atoms with Crippen LogP contribution in [-0.4, -0.2) is 186 Å². The van der Waals surface area contributed by atoms with Gasteiger partial charge in [-0.3, -0.25) is 0 Å². The van der Waals surface area contributed by atoms with Gasteiger partial charge < -0.3 is 89.3 Å². The Morgan fingerprint density at radius 1 is 0.746 bits per heavy atom. The largest absolute Gasteiger partial charge is 0.394 e. The molecule has 362 valence electrons. The van der Waals surface area contributed by atoms with E-state index in [4.69, 9.17) is 33.2 Å². The highest BCUT2D eigenvalue weighted by Gasteiger charge is 2.68. The molecule has 4 saturated heterocycles. The second-order valence-corrected chi connectivity index (χ2v) is 21.0. The van der Waals surface area contributed by atoms with Crippen molar-refractivity contribution in [1.82, 2.24) is 0 Å². The van der Waals surface area contributed by atoms with Gasteiger partial charge in [0, 0.05) is 12.3 Å². The van der Waals surface area contributed by atoms with Crippen molar-refractivity contribution in [3.8, 4) is 0 Å². The molecule has 4 aliphatic heterocycles. The molecule has 7 fully saturated rings. The minimum Gasteiger partial charge on any atom is -0.394 e. The number of aliphatic hydroxyl groups is 11. The zero-order chi connectivity index (χ0) is 45.5. The van der Waals surface area contributed by atoms with Crippen LogP contribution in [-0.2, 0) is 33.2 Å². The zero-order valence-corrected chi connectivity index (χ0v) is 37.1. The molecule has 8 rings (SSSR count). The summed E-state index contributed by atoms with van der Waals surface area (Å²) in [5.41, 5.74) is 1.23. The molecule has 4 heterocycles. The molecule has 0 radical (unpaired) electrons. The van der Waals surface area contributed by atoms with Gasteiger partial charge in [-0.25, -0.2) is 0 Å². The van der Waals surface area contributed by atoms with Gasteiger partial charge in [0.2, 0.25) is 0 Å². The quantitative estimate of drug-likeness (QED) is 0.107. The first-order valence-corrected chi connectivity index (χ1v) is 23.4. The first-order valence-electron chi connectivity index (χ1n) is 23.4. The summed E-state index contributed by atoms with van der Waals surface area (Å²) in [5, 5.41) is 115. The number of rotatable bonds is 12. The molecule has 0 aromatic heterocycles. The van der Waals surface area contributed by atoms with E-state index in [0.717, 1.165) is 32.1 Å². The molecular formula is C45H74O18. The molecule has 63 heavy (non-hydrogen) atoms. The van der Waals surface area contributed by atoms with Gasteiger partial charge in [0.1, 0.15) is 67.1 Å². The van der Waals surface area contributed by atoms with E-state index in [0.29, 0.717) is 43.4 Å². The lowest BCUT2D eigenvalue weighted by molar-refractivity contribution is -0.369. The van der Waals surface area contributed by atoms with Gasteiger partial charge in [-0.05, 0) is 98.7 Å². The third kappa shape index (κ3) is 8.51. The molecule has 4 aliphatic carbocycles. The summed E-state index contributed by atoms with van der Waals surface area (Å²) in [6, 6.07) is 0. The molecule has 0 amide bonds. The predicted octanol–water partition coefficient (Wildman–Crippen LogP) is -0.831. The smallest absolute Gasteiger partial charge is 0.187 e. The topological polar surface area (TPSA) is 287 Å². The van der Waals surface area contributed by atoms with Crippen molar-refractivity contribution in [2.24, 2.45) is 46.3 Å². The maximum atomic E-state index is 12.0. The van der Waals surface area contributed by atoms with Gasteiger partial charge in [-0.2, -0.15) is 0 Å². The molecule has 18 nitrogen and oxygen atoms in total. The van der Waals surface area contributed by atoms with E-state index >= 15 is 0 Å². The second kappa shape index (κ2) is 18.5. The molecule has 26 atom stereocenters. The molecule has 0 bridgehead atoms. The van der Waals surface area contributed by atoms with E-state index in [1.165, 1.54) is 12.5 Å². The van der Waals surface area contributed by atoms with Crippen LogP contribution in [0.25, 0.3) is 0 Å². The third-order valence-corrected chi connectivity index (χ3v) is 17.4. The van der Waals surface area contributed by atoms with Crippen LogP contribution in [0, 0.1) is 46.3 Å². The average molecular weight is 903 g/mol. The van der Waals surface area contributed by atoms with E-state index in [2.05, 4.69) is 26.8 Å². The Labute approximate surface area is 369 Å². The number of hydrogen-bond donors (Lipinski definition) is 11. The summed E-state index contributed by atoms with van der Waals surface area (Å²) in [4.78, 5) is 0. The van der Waals surface area contributed by atoms with Crippen LogP contribution in [0.1, 0.15) is 92.4 Å². The second-order valence-electron chi connectivity index (χ2n) is 21.0. The number of allylic oxidation sites excluding steroid dienone is 1. The van der Waals surface area contributed by atoms with Crippen molar-refractivity contribution < 1.29 is 89.3 Å². The van der Waals surface area contributed by atoms with Crippen molar-refractivity contribution in [1.29, 1.82) is 0 Å². The molecular weight excluding hydrogens is 828 g/mol. The average Bonchev–Trinajstić information content (AvgIpc) is 3.70. The Morgan fingerprint density at radius 2 is 1.40 bits per heavy atom. The maximum Gasteiger partial charge on any atom is 0.187 e. The number of ether oxygens (including phenoxy) is 7. The predicted molar refractivity (Wildman–Crippen MR) is 218 cm³/mol. The van der Waals surface area contributed by atoms with Crippen molar-refractivity contribution in [3.05, 3.63) is 11.6 Å². The van der Waals surface area contributed by atoms with Crippen LogP contribution in [0.3, 0.4) is 0 Å². The standard InChI is InChI=1S/C45H74O18/c1-19(18-57-40-37(54)35(52)32(49)28(16-46)60-40)8-13-45(56)20(2)30-27(63-45)15-26-24-7-6-22-14-23(9-11-43(22,4)25(24)10-12-44(26,30)5)59-42-39(36(53)33(50)29(17-47)61-42)62-41-38(55)34(51)31(48)21(3)58-41/h6,19-21,23-42,46-56H,7-18H2,1-5H3/t19-,20+,21+,23+,24-,25+,26+,27+,28-,29-,30+,31+,32-,33-,34-,35+,36+,37-,38-,39-,40-,41+,42-,43+,44+,45?/m1/s1. The van der Waals surface area contributed by atoms with Crippen LogP contribution < -0.4 is 0 Å². The molecule has 1 unspecified atom stereocenters. The number of hydrogen-bond acceptors (Lipinski definition) is 18. The minimum absolute atomic E-state index is 0.0148. The fourth-order valence-electron chi connectivity index (χ4n) is 13.5. The van der Waals surface area contributed by atoms with Gasteiger partial charge in [0.05, 0.1) is 38.1 Å². The van der Waals surface area contributed by atoms with E-state index in [1.807, 2.05) is 6.92 Å². The lowest BCUT2D eigenvalue weighted by Crippen LogP contribution is -2.64. The van der Waals surface area contributed by atoms with Crippen molar-refractivity contribution >= 4 is 0 Å². The van der Waals surface area contributed by atoms with Gasteiger partial charge >= 0.3 is 0 Å². The fraction of sp³-hybridized carbons (Fsp3) is 0.956. The fourth-order valence-corrected chi connectivity index (χ4v) is 13.5. The summed E-state index contributed by atoms with van der Waals surface area (Å²) in [5.74, 6) is 0.0506. The summed E-state index contributed by atoms with van der Waals surface area (Å²) < 4.78 is 42.1. The van der Waals surface area contributed by atoms with E-state index in [9.17, 15) is 56.2 Å². The lowest BCUT2D eigenvalue weighted by Gasteiger charge is -2.58. The third-order valence-electron chi connectivity index (χ3n) is 17.4. The van der Waals surface area contributed by atoms with Crippen molar-refractivity contribution in [3.63, 3.8) is 0 Å². The van der Waals surface area contributed by atoms with Crippen LogP contribution in [0.15, 0.2) is 11.6 Å². The van der Waals surface area contributed by atoms with E-state index < -0.39 is 111 Å². The van der Waals surface area contributed by atoms with Crippen LogP contribution in [0.5, 0.6) is 0 Å². The highest BCUT2D eigenvalue weighted by Crippen LogP contribution is 2.70. The molecule has 3 saturated carbocycles. The molecule has 11 N–H and O–H groups in total. The maximum absolute atomic E-state index is 12.0. The van der Waals surface area contributed by atoms with E-state index in [1.54, 1.807) is 0 Å². The first kappa shape index (κ1) is 48.5. The molecule has 8 aliphatic rings. The SMILES string of the molecule is C[C@H](CCC1(O)O[C@H]2C[C@H]3[C@@H]4CC=C5C[C@@H](O[C@@H]6O[C@H](CO)[C@@H](O)[C@H](O)[C@H]6O[C@@H]6O[C@@H](C)[C@H](O)[C@@H](O)[C@H]6O)CC[C@]5(C)[C@H]4CC[C@]3(C)[C@H]2[C@@H]1C)CO[C@@H]1O[C@H](CO)[C@@H](O)[C@H](O)[C@H]1O. The van der Waals surface area contributed by atoms with Crippen LogP contribution >= 0.6 is 0 Å². The van der Waals surface area contributed by atoms with Gasteiger partial charge in [0.15, 0.2) is 24.7 Å². The molecule has 18 heteroatoms. The van der Waals surface area contributed by atoms with Crippen molar-refractivity contribution in [2.45, 2.75) is 203 Å². The Morgan fingerprint density at radius 3 is 2.10 bits per heavy atom. The van der Waals surface area contributed by atoms with Crippen molar-refractivity contribution in [2.75, 3.05) is 19.8 Å². The van der Waals surface area contributed by atoms with Gasteiger partial charge in [-0.1, -0.05) is 39.3 Å². The summed E-state index contributed by atoms with van der Waals surface area (Å²) in [6.45, 7) is 9.43. The number of fused-ring (bicyclic) bond motifs is 7. The van der Waals surface area contributed by atoms with Crippen LogP contribution in [0.2, 0.25) is 0 Å².